The highest BCUT2D eigenvalue weighted by Crippen LogP contribution is 2.42. The van der Waals surface area contributed by atoms with Gasteiger partial charge in [-0.1, -0.05) is 11.6 Å². The van der Waals surface area contributed by atoms with E-state index in [0.717, 1.165) is 30.0 Å². The number of ketones is 1. The summed E-state index contributed by atoms with van der Waals surface area (Å²) < 4.78 is 40.0. The molecule has 0 aliphatic heterocycles. The van der Waals surface area contributed by atoms with E-state index < -0.39 is 17.3 Å². The van der Waals surface area contributed by atoms with Gasteiger partial charge < -0.3 is 10.1 Å². The second-order valence-corrected chi connectivity index (χ2v) is 8.50. The van der Waals surface area contributed by atoms with E-state index in [1.54, 1.807) is 0 Å². The van der Waals surface area contributed by atoms with E-state index in [1.165, 1.54) is 18.2 Å². The van der Waals surface area contributed by atoms with Crippen LogP contribution in [-0.4, -0.2) is 27.5 Å². The summed E-state index contributed by atoms with van der Waals surface area (Å²) in [5.74, 6) is -0.174. The Kier molecular flexibility index (Phi) is 7.24. The summed E-state index contributed by atoms with van der Waals surface area (Å²) in [6.45, 7) is 0. The molecule has 1 aromatic heterocycles. The highest BCUT2D eigenvalue weighted by Gasteiger charge is 2.31. The predicted molar refractivity (Wildman–Crippen MR) is 117 cm³/mol. The summed E-state index contributed by atoms with van der Waals surface area (Å²) in [6, 6.07) is 7.00. The average Bonchev–Trinajstić information content (AvgIpc) is 2.71. The number of pyridine rings is 1. The second-order valence-electron chi connectivity index (χ2n) is 6.70. The molecular weight excluding hydrogens is 474 g/mol. The molecule has 0 saturated heterocycles. The molecule has 2 aromatic carbocycles. The van der Waals surface area contributed by atoms with Crippen LogP contribution >= 0.6 is 35.0 Å². The molecule has 31 heavy (non-hydrogen) atoms. The van der Waals surface area contributed by atoms with Gasteiger partial charge in [-0.2, -0.15) is 13.2 Å². The van der Waals surface area contributed by atoms with Gasteiger partial charge in [-0.15, -0.1) is 23.4 Å². The van der Waals surface area contributed by atoms with Gasteiger partial charge in [0.05, 0.1) is 16.2 Å². The van der Waals surface area contributed by atoms with Crippen LogP contribution in [-0.2, 0) is 11.0 Å². The zero-order valence-electron chi connectivity index (χ0n) is 15.9. The quantitative estimate of drug-likeness (QED) is 0.303. The first-order chi connectivity index (χ1) is 14.6. The molecule has 0 radical (unpaired) electrons. The lowest BCUT2D eigenvalue weighted by atomic mass is 9.98. The summed E-state index contributed by atoms with van der Waals surface area (Å²) in [5, 5.41) is 10.7. The number of hydrogen-bond acceptors (Lipinski definition) is 4. The maximum atomic E-state index is 13.3. The number of rotatable bonds is 7. The van der Waals surface area contributed by atoms with E-state index in [9.17, 15) is 27.9 Å². The fraction of sp³-hybridized carbons (Fsp3) is 0.238. The lowest BCUT2D eigenvalue weighted by molar-refractivity contribution is -0.137. The molecule has 3 rings (SSSR count). The number of carbonyl (C=O) groups excluding carboxylic acids is 1. The predicted octanol–water partition coefficient (Wildman–Crippen LogP) is 6.25. The topological polar surface area (TPSA) is 70.2 Å². The monoisotopic (exact) mass is 489 g/mol. The Hall–Kier alpha value is -2.16. The van der Waals surface area contributed by atoms with Crippen LogP contribution in [0.3, 0.4) is 0 Å². The van der Waals surface area contributed by atoms with E-state index in [-0.39, 0.29) is 55.7 Å². The Morgan fingerprint density at radius 3 is 2.58 bits per heavy atom. The van der Waals surface area contributed by atoms with Gasteiger partial charge in [-0.3, -0.25) is 9.59 Å². The first kappa shape index (κ1) is 23.5. The van der Waals surface area contributed by atoms with E-state index in [2.05, 4.69) is 4.98 Å². The van der Waals surface area contributed by atoms with Crippen molar-refractivity contribution < 1.29 is 23.1 Å². The molecule has 0 bridgehead atoms. The molecule has 0 unspecified atom stereocenters. The van der Waals surface area contributed by atoms with Crippen LogP contribution in [0.4, 0.5) is 13.2 Å². The average molecular weight is 490 g/mol. The zero-order chi connectivity index (χ0) is 22.8. The van der Waals surface area contributed by atoms with Crippen molar-refractivity contribution in [3.05, 3.63) is 57.3 Å². The number of thioether (sulfide) groups is 1. The molecule has 164 valence electrons. The minimum absolute atomic E-state index is 0.0172. The van der Waals surface area contributed by atoms with Gasteiger partial charge in [0.2, 0.25) is 0 Å². The van der Waals surface area contributed by atoms with Gasteiger partial charge in [-0.05, 0) is 42.8 Å². The Bertz CT molecular complexity index is 1190. The van der Waals surface area contributed by atoms with Crippen molar-refractivity contribution in [1.29, 1.82) is 0 Å². The fourth-order valence-corrected chi connectivity index (χ4v) is 4.36. The summed E-state index contributed by atoms with van der Waals surface area (Å²) in [7, 11) is 0. The minimum atomic E-state index is -4.61. The molecule has 3 aromatic rings. The zero-order valence-corrected chi connectivity index (χ0v) is 18.2. The number of nitrogens with one attached hydrogen (secondary N) is 1. The van der Waals surface area contributed by atoms with Gasteiger partial charge in [0.25, 0.3) is 5.56 Å². The number of hydrogen-bond donors (Lipinski definition) is 2. The third-order valence-electron chi connectivity index (χ3n) is 4.49. The molecule has 1 heterocycles. The summed E-state index contributed by atoms with van der Waals surface area (Å²) >= 11 is 12.5. The van der Waals surface area contributed by atoms with Crippen LogP contribution in [0, 0.1) is 0 Å². The number of carbonyl (C=O) groups is 1. The number of halogens is 5. The van der Waals surface area contributed by atoms with Gasteiger partial charge in [0.15, 0.2) is 0 Å². The number of phenolic OH excluding ortho intramolecular Hbond substituents is 1. The lowest BCUT2D eigenvalue weighted by Gasteiger charge is -2.15. The summed E-state index contributed by atoms with van der Waals surface area (Å²) in [5.41, 5.74) is -1.16. The number of benzene rings is 2. The van der Waals surface area contributed by atoms with Crippen molar-refractivity contribution in [2.75, 3.05) is 11.6 Å². The Labute approximate surface area is 189 Å². The first-order valence-corrected chi connectivity index (χ1v) is 11.0. The number of H-pyrrole nitrogens is 1. The number of aromatic hydroxyl groups is 1. The van der Waals surface area contributed by atoms with Crippen LogP contribution in [0.5, 0.6) is 5.75 Å². The molecule has 10 heteroatoms. The molecule has 0 saturated carbocycles. The van der Waals surface area contributed by atoms with E-state index in [4.69, 9.17) is 23.2 Å². The number of fused-ring (bicyclic) bond motifs is 1. The third kappa shape index (κ3) is 5.37. The Morgan fingerprint density at radius 2 is 1.90 bits per heavy atom. The molecule has 4 nitrogen and oxygen atoms in total. The third-order valence-corrected chi connectivity index (χ3v) is 6.14. The van der Waals surface area contributed by atoms with E-state index in [1.807, 2.05) is 0 Å². The summed E-state index contributed by atoms with van der Waals surface area (Å²) in [4.78, 5) is 27.5. The van der Waals surface area contributed by atoms with Crippen molar-refractivity contribution >= 4 is 51.6 Å². The number of aromatic nitrogens is 1. The van der Waals surface area contributed by atoms with Crippen LogP contribution in [0.2, 0.25) is 5.02 Å². The van der Waals surface area contributed by atoms with Crippen LogP contribution in [0.25, 0.3) is 22.0 Å². The lowest BCUT2D eigenvalue weighted by Crippen LogP contribution is -2.13. The van der Waals surface area contributed by atoms with Crippen molar-refractivity contribution in [2.24, 2.45) is 0 Å². The SMILES string of the molecule is O=C(CCCCl)CSc1c(-c2cc(Cl)ccc2O)c2cc(C(F)(F)F)ccc2[nH]c1=O. The fourth-order valence-electron chi connectivity index (χ4n) is 3.05. The number of aromatic amines is 1. The molecule has 0 aliphatic carbocycles. The number of Topliss-reactive ketones (excluding diaryl/α,β-unsaturated/α-hetero) is 1. The van der Waals surface area contributed by atoms with E-state index >= 15 is 0 Å². The normalized spacial score (nSPS) is 11.8. The maximum absolute atomic E-state index is 13.3. The Morgan fingerprint density at radius 1 is 1.16 bits per heavy atom. The molecule has 0 spiro atoms. The highest BCUT2D eigenvalue weighted by molar-refractivity contribution is 8.00. The van der Waals surface area contributed by atoms with Crippen molar-refractivity contribution in [3.8, 4) is 16.9 Å². The Balaban J connectivity index is 2.26. The van der Waals surface area contributed by atoms with Gasteiger partial charge in [0.1, 0.15) is 11.5 Å². The van der Waals surface area contributed by atoms with Crippen LogP contribution < -0.4 is 5.56 Å². The van der Waals surface area contributed by atoms with Gasteiger partial charge >= 0.3 is 6.18 Å². The van der Waals surface area contributed by atoms with Crippen LogP contribution in [0.15, 0.2) is 46.1 Å². The molecule has 2 N–H and O–H groups in total. The maximum Gasteiger partial charge on any atom is 0.416 e. The largest absolute Gasteiger partial charge is 0.507 e. The molecule has 0 aliphatic rings. The van der Waals surface area contributed by atoms with E-state index in [0.29, 0.717) is 12.3 Å². The molecule has 0 fully saturated rings. The highest BCUT2D eigenvalue weighted by atomic mass is 35.5. The second kappa shape index (κ2) is 9.54. The summed E-state index contributed by atoms with van der Waals surface area (Å²) in [6.07, 6.45) is -3.91. The number of alkyl halides is 4. The molecule has 0 atom stereocenters. The standard InChI is InChI=1S/C21H16Cl2F3NO3S/c22-7-1-2-13(28)10-31-19-18(15-9-12(23)4-6-17(15)29)14-8-11(21(24,25)26)3-5-16(14)27-20(19)30/h3-6,8-9,29H,1-2,7,10H2,(H,27,30). The number of phenols is 1. The first-order valence-electron chi connectivity index (χ1n) is 9.08. The van der Waals surface area contributed by atoms with Crippen molar-refractivity contribution in [3.63, 3.8) is 0 Å². The molecular formula is C21H16Cl2F3NO3S. The van der Waals surface area contributed by atoms with Gasteiger partial charge in [0, 0.05) is 39.4 Å². The smallest absolute Gasteiger partial charge is 0.416 e. The molecule has 0 amide bonds. The van der Waals surface area contributed by atoms with Gasteiger partial charge in [-0.25, -0.2) is 0 Å². The van der Waals surface area contributed by atoms with Crippen LogP contribution in [0.1, 0.15) is 18.4 Å². The van der Waals surface area contributed by atoms with Crippen molar-refractivity contribution in [1.82, 2.24) is 4.98 Å². The van der Waals surface area contributed by atoms with Crippen molar-refractivity contribution in [2.45, 2.75) is 23.9 Å². The minimum Gasteiger partial charge on any atom is -0.507 e.